The van der Waals surface area contributed by atoms with Gasteiger partial charge >= 0.3 is 0 Å². The van der Waals surface area contributed by atoms with Crippen LogP contribution in [0.3, 0.4) is 0 Å². The smallest absolute Gasteiger partial charge is 0.239 e. The van der Waals surface area contributed by atoms with E-state index in [1.807, 2.05) is 32.9 Å². The lowest BCUT2D eigenvalue weighted by atomic mass is 9.98. The predicted octanol–water partition coefficient (Wildman–Crippen LogP) is -0.743. The van der Waals surface area contributed by atoms with E-state index in [4.69, 9.17) is 34.4 Å². The van der Waals surface area contributed by atoms with Crippen molar-refractivity contribution in [2.45, 2.75) is 20.8 Å². The van der Waals surface area contributed by atoms with Gasteiger partial charge in [0.1, 0.15) is 17.6 Å². The Morgan fingerprint density at radius 2 is 1.26 bits per heavy atom. The zero-order chi connectivity index (χ0) is 17.9. The molecular formula is C15H25N7O. The van der Waals surface area contributed by atoms with Crippen LogP contribution in [0.1, 0.15) is 16.7 Å². The summed E-state index contributed by atoms with van der Waals surface area (Å²) in [6.45, 7) is 5.75. The van der Waals surface area contributed by atoms with Crippen molar-refractivity contribution < 1.29 is 4.79 Å². The number of nitrogens with one attached hydrogen (secondary N) is 1. The first-order valence-electron chi connectivity index (χ1n) is 6.96. The fraction of sp³-hybridized carbons (Fsp3) is 0.267. The SMILES string of the molecule is Cc1cc(C)c(NC(=O)C(C(N)=C(N)N)C(N)=C(N)N)c(C)c1. The molecule has 23 heavy (non-hydrogen) atoms. The molecule has 0 aromatic heterocycles. The molecule has 0 bridgehead atoms. The van der Waals surface area contributed by atoms with Gasteiger partial charge in [0, 0.05) is 5.69 Å². The average molecular weight is 319 g/mol. The highest BCUT2D eigenvalue weighted by atomic mass is 16.2. The van der Waals surface area contributed by atoms with Gasteiger partial charge in [-0.05, 0) is 31.9 Å². The van der Waals surface area contributed by atoms with E-state index in [0.29, 0.717) is 5.69 Å². The van der Waals surface area contributed by atoms with Crippen LogP contribution in [0.2, 0.25) is 0 Å². The number of hydrogen-bond donors (Lipinski definition) is 7. The van der Waals surface area contributed by atoms with Crippen LogP contribution in [0.5, 0.6) is 0 Å². The highest BCUT2D eigenvalue weighted by Crippen LogP contribution is 2.24. The Bertz CT molecular complexity index is 636. The molecule has 0 aliphatic rings. The minimum Gasteiger partial charge on any atom is -0.398 e. The van der Waals surface area contributed by atoms with Crippen molar-refractivity contribution in [1.29, 1.82) is 0 Å². The van der Waals surface area contributed by atoms with Crippen LogP contribution in [0.25, 0.3) is 0 Å². The normalized spacial score (nSPS) is 10.3. The zero-order valence-corrected chi connectivity index (χ0v) is 13.6. The molecule has 1 aromatic carbocycles. The van der Waals surface area contributed by atoms with Gasteiger partial charge in [-0.3, -0.25) is 4.79 Å². The van der Waals surface area contributed by atoms with Crippen molar-refractivity contribution >= 4 is 11.6 Å². The number of amides is 1. The second-order valence-electron chi connectivity index (χ2n) is 5.52. The number of nitrogens with two attached hydrogens (primary N) is 6. The molecule has 8 heteroatoms. The second-order valence-corrected chi connectivity index (χ2v) is 5.52. The van der Waals surface area contributed by atoms with E-state index in [-0.39, 0.29) is 23.0 Å². The lowest BCUT2D eigenvalue weighted by Crippen LogP contribution is -2.38. The van der Waals surface area contributed by atoms with Crippen LogP contribution in [0, 0.1) is 26.7 Å². The quantitative estimate of drug-likeness (QED) is 0.380. The molecule has 0 atom stereocenters. The molecule has 0 radical (unpaired) electrons. The molecule has 0 aliphatic carbocycles. The summed E-state index contributed by atoms with van der Waals surface area (Å²) in [5, 5.41) is 2.79. The lowest BCUT2D eigenvalue weighted by Gasteiger charge is -2.21. The summed E-state index contributed by atoms with van der Waals surface area (Å²) in [6, 6.07) is 3.90. The fourth-order valence-electron chi connectivity index (χ4n) is 2.36. The van der Waals surface area contributed by atoms with E-state index in [1.54, 1.807) is 0 Å². The largest absolute Gasteiger partial charge is 0.398 e. The molecule has 0 spiro atoms. The minimum absolute atomic E-state index is 0.101. The van der Waals surface area contributed by atoms with Crippen molar-refractivity contribution in [2.75, 3.05) is 5.32 Å². The average Bonchev–Trinajstić information content (AvgIpc) is 2.42. The van der Waals surface area contributed by atoms with Gasteiger partial charge in [0.05, 0.1) is 11.4 Å². The maximum Gasteiger partial charge on any atom is 0.239 e. The van der Waals surface area contributed by atoms with E-state index in [2.05, 4.69) is 5.32 Å². The summed E-state index contributed by atoms with van der Waals surface area (Å²) in [7, 11) is 0. The second kappa shape index (κ2) is 6.82. The molecule has 0 unspecified atom stereocenters. The van der Waals surface area contributed by atoms with Crippen molar-refractivity contribution in [3.8, 4) is 0 Å². The number of carbonyl (C=O) groups excluding carboxylic acids is 1. The summed E-state index contributed by atoms with van der Waals surface area (Å²) in [5.41, 5.74) is 36.9. The summed E-state index contributed by atoms with van der Waals surface area (Å²) in [4.78, 5) is 12.6. The van der Waals surface area contributed by atoms with Crippen LogP contribution in [0.15, 0.2) is 35.2 Å². The topological polar surface area (TPSA) is 185 Å². The number of rotatable bonds is 4. The summed E-state index contributed by atoms with van der Waals surface area (Å²) >= 11 is 0. The van der Waals surface area contributed by atoms with E-state index >= 15 is 0 Å². The molecule has 126 valence electrons. The highest BCUT2D eigenvalue weighted by Gasteiger charge is 2.28. The summed E-state index contributed by atoms with van der Waals surface area (Å²) in [6.07, 6.45) is 0. The molecule has 0 fully saturated rings. The molecule has 0 saturated carbocycles. The van der Waals surface area contributed by atoms with Gasteiger partial charge in [-0.25, -0.2) is 0 Å². The van der Waals surface area contributed by atoms with Gasteiger partial charge in [0.15, 0.2) is 0 Å². The summed E-state index contributed by atoms with van der Waals surface area (Å²) in [5.74, 6) is -2.10. The van der Waals surface area contributed by atoms with Crippen molar-refractivity contribution in [3.05, 3.63) is 51.9 Å². The lowest BCUT2D eigenvalue weighted by molar-refractivity contribution is -0.118. The molecule has 1 amide bonds. The van der Waals surface area contributed by atoms with Crippen LogP contribution in [-0.4, -0.2) is 5.91 Å². The number of benzene rings is 1. The number of aryl methyl sites for hydroxylation is 3. The number of anilines is 1. The van der Waals surface area contributed by atoms with Gasteiger partial charge in [-0.2, -0.15) is 0 Å². The van der Waals surface area contributed by atoms with E-state index in [9.17, 15) is 4.79 Å². The first-order valence-corrected chi connectivity index (χ1v) is 6.96. The molecule has 1 aromatic rings. The molecule has 0 heterocycles. The third-order valence-corrected chi connectivity index (χ3v) is 3.48. The van der Waals surface area contributed by atoms with Crippen molar-refractivity contribution in [2.24, 2.45) is 40.3 Å². The maximum absolute atomic E-state index is 12.6. The fourth-order valence-corrected chi connectivity index (χ4v) is 2.36. The molecule has 1 rings (SSSR count). The van der Waals surface area contributed by atoms with Gasteiger partial charge < -0.3 is 39.7 Å². The van der Waals surface area contributed by atoms with E-state index < -0.39 is 11.8 Å². The zero-order valence-electron chi connectivity index (χ0n) is 13.6. The number of carbonyl (C=O) groups is 1. The Morgan fingerprint density at radius 3 is 1.61 bits per heavy atom. The van der Waals surface area contributed by atoms with Crippen LogP contribution in [-0.2, 0) is 4.79 Å². The Morgan fingerprint density at radius 1 is 0.870 bits per heavy atom. The van der Waals surface area contributed by atoms with E-state index in [1.165, 1.54) is 0 Å². The third kappa shape index (κ3) is 4.00. The minimum atomic E-state index is -1.15. The number of hydrogen-bond acceptors (Lipinski definition) is 7. The Kier molecular flexibility index (Phi) is 5.34. The monoisotopic (exact) mass is 319 g/mol. The summed E-state index contributed by atoms with van der Waals surface area (Å²) < 4.78 is 0. The highest BCUT2D eigenvalue weighted by molar-refractivity contribution is 5.97. The van der Waals surface area contributed by atoms with Crippen molar-refractivity contribution in [3.63, 3.8) is 0 Å². The Labute approximate surface area is 135 Å². The first kappa shape index (κ1) is 18.0. The van der Waals surface area contributed by atoms with Gasteiger partial charge in [-0.1, -0.05) is 17.7 Å². The third-order valence-electron chi connectivity index (χ3n) is 3.48. The molecule has 0 saturated heterocycles. The van der Waals surface area contributed by atoms with Gasteiger partial charge in [0.2, 0.25) is 5.91 Å². The maximum atomic E-state index is 12.6. The van der Waals surface area contributed by atoms with Gasteiger partial charge in [-0.15, -0.1) is 0 Å². The molecule has 13 N–H and O–H groups in total. The first-order chi connectivity index (χ1) is 10.6. The Balaban J connectivity index is 3.29. The van der Waals surface area contributed by atoms with Crippen LogP contribution in [0.4, 0.5) is 5.69 Å². The van der Waals surface area contributed by atoms with Crippen LogP contribution < -0.4 is 39.7 Å². The Hall–Kier alpha value is -3.03. The standard InChI is InChI=1S/C15H25N7O/c1-6-4-7(2)12(8(3)5-6)22-15(23)9(10(16)13(18)19)11(17)14(20)21/h4-5,9H,16-21H2,1-3H3,(H,22,23). The predicted molar refractivity (Wildman–Crippen MR) is 91.9 cm³/mol. The van der Waals surface area contributed by atoms with Gasteiger partial charge in [0.25, 0.3) is 0 Å². The van der Waals surface area contributed by atoms with Crippen LogP contribution >= 0.6 is 0 Å². The molecular weight excluding hydrogens is 294 g/mol. The van der Waals surface area contributed by atoms with E-state index in [0.717, 1.165) is 16.7 Å². The molecule has 0 aliphatic heterocycles. The molecule has 8 nitrogen and oxygen atoms in total. The van der Waals surface area contributed by atoms with Crippen molar-refractivity contribution in [1.82, 2.24) is 0 Å².